The van der Waals surface area contributed by atoms with E-state index < -0.39 is 0 Å². The fourth-order valence-corrected chi connectivity index (χ4v) is 8.85. The van der Waals surface area contributed by atoms with Crippen molar-refractivity contribution in [1.82, 2.24) is 15.0 Å². The smallest absolute Gasteiger partial charge is 0.164 e. The lowest BCUT2D eigenvalue weighted by Crippen LogP contribution is -2.25. The summed E-state index contributed by atoms with van der Waals surface area (Å²) in [4.78, 5) is 15.1. The molecule has 0 atom stereocenters. The summed E-state index contributed by atoms with van der Waals surface area (Å²) < 4.78 is 0. The molecular formula is C50H31N3. The van der Waals surface area contributed by atoms with Crippen LogP contribution in [-0.2, 0) is 5.41 Å². The second-order valence-electron chi connectivity index (χ2n) is 13.9. The average molecular weight is 674 g/mol. The molecule has 1 heterocycles. The van der Waals surface area contributed by atoms with Crippen molar-refractivity contribution in [1.29, 1.82) is 0 Å². The Hall–Kier alpha value is -6.97. The van der Waals surface area contributed by atoms with Crippen LogP contribution in [-0.4, -0.2) is 15.0 Å². The van der Waals surface area contributed by atoms with Crippen LogP contribution >= 0.6 is 0 Å². The molecule has 9 aromatic rings. The van der Waals surface area contributed by atoms with Crippen LogP contribution in [0.25, 0.3) is 78.3 Å². The van der Waals surface area contributed by atoms with Gasteiger partial charge in [-0.1, -0.05) is 176 Å². The third-order valence-corrected chi connectivity index (χ3v) is 11.2. The first-order chi connectivity index (χ1) is 26.3. The molecule has 11 rings (SSSR count). The quantitative estimate of drug-likeness (QED) is 0.187. The molecule has 246 valence electrons. The van der Waals surface area contributed by atoms with E-state index in [-0.39, 0.29) is 5.41 Å². The Morgan fingerprint density at radius 2 is 0.736 bits per heavy atom. The minimum atomic E-state index is -0.385. The van der Waals surface area contributed by atoms with Gasteiger partial charge in [0.05, 0.1) is 5.41 Å². The summed E-state index contributed by atoms with van der Waals surface area (Å²) in [6.45, 7) is 0. The number of fused-ring (bicyclic) bond motifs is 11. The number of rotatable bonds is 4. The molecule has 0 amide bonds. The predicted octanol–water partition coefficient (Wildman–Crippen LogP) is 12.0. The molecule has 0 radical (unpaired) electrons. The number of benzene rings is 8. The minimum absolute atomic E-state index is 0.385. The van der Waals surface area contributed by atoms with E-state index in [1.807, 2.05) is 36.4 Å². The van der Waals surface area contributed by atoms with E-state index in [1.165, 1.54) is 50.1 Å². The molecule has 2 aliphatic carbocycles. The standard InChI is InChI=1S/C50H31N3/c1-3-14-33(15-4-1)47-51-48(34-16-5-2-6-17-34)53-49(52-47)41-22-13-18-32-26-27-35(30-42(32)41)36-28-29-40-39-21-9-12-25-45(39)50(46(40)31-36)43-23-10-7-19-37(43)38-20-8-11-24-44(38)50/h1-31H. The maximum Gasteiger partial charge on any atom is 0.164 e. The fourth-order valence-electron chi connectivity index (χ4n) is 8.85. The van der Waals surface area contributed by atoms with Crippen molar-refractivity contribution < 1.29 is 0 Å². The van der Waals surface area contributed by atoms with Gasteiger partial charge in [-0.05, 0) is 78.5 Å². The van der Waals surface area contributed by atoms with Crippen molar-refractivity contribution in [3.8, 4) is 67.5 Å². The lowest BCUT2D eigenvalue weighted by Gasteiger charge is -2.30. The number of hydrogen-bond donors (Lipinski definition) is 0. The molecule has 3 nitrogen and oxygen atoms in total. The van der Waals surface area contributed by atoms with E-state index >= 15 is 0 Å². The molecule has 0 N–H and O–H groups in total. The minimum Gasteiger partial charge on any atom is -0.208 e. The molecule has 1 spiro atoms. The monoisotopic (exact) mass is 673 g/mol. The van der Waals surface area contributed by atoms with Crippen LogP contribution in [0.2, 0.25) is 0 Å². The maximum atomic E-state index is 5.09. The zero-order valence-corrected chi connectivity index (χ0v) is 28.7. The van der Waals surface area contributed by atoms with Gasteiger partial charge in [0.1, 0.15) is 0 Å². The van der Waals surface area contributed by atoms with E-state index in [4.69, 9.17) is 15.0 Å². The van der Waals surface area contributed by atoms with Crippen molar-refractivity contribution in [2.75, 3.05) is 0 Å². The van der Waals surface area contributed by atoms with Gasteiger partial charge < -0.3 is 0 Å². The van der Waals surface area contributed by atoms with Crippen LogP contribution in [0.3, 0.4) is 0 Å². The number of aromatic nitrogens is 3. The molecule has 53 heavy (non-hydrogen) atoms. The van der Waals surface area contributed by atoms with E-state index in [1.54, 1.807) is 0 Å². The molecule has 0 fully saturated rings. The van der Waals surface area contributed by atoms with E-state index in [0.29, 0.717) is 17.5 Å². The van der Waals surface area contributed by atoms with Crippen molar-refractivity contribution >= 4 is 10.8 Å². The van der Waals surface area contributed by atoms with Crippen LogP contribution in [0.4, 0.5) is 0 Å². The van der Waals surface area contributed by atoms with Crippen LogP contribution in [0.5, 0.6) is 0 Å². The highest BCUT2D eigenvalue weighted by atomic mass is 15.0. The second kappa shape index (κ2) is 11.5. The highest BCUT2D eigenvalue weighted by Crippen LogP contribution is 2.63. The van der Waals surface area contributed by atoms with Crippen molar-refractivity contribution in [3.05, 3.63) is 210 Å². The summed E-state index contributed by atoms with van der Waals surface area (Å²) >= 11 is 0. The third-order valence-electron chi connectivity index (χ3n) is 11.2. The highest BCUT2D eigenvalue weighted by molar-refractivity contribution is 5.99. The third kappa shape index (κ3) is 4.38. The summed E-state index contributed by atoms with van der Waals surface area (Å²) in [5.74, 6) is 1.97. The number of nitrogens with zero attached hydrogens (tertiary/aromatic N) is 3. The van der Waals surface area contributed by atoms with Crippen LogP contribution in [0.15, 0.2) is 188 Å². The van der Waals surface area contributed by atoms with Crippen LogP contribution in [0, 0.1) is 0 Å². The topological polar surface area (TPSA) is 38.7 Å². The Balaban J connectivity index is 1.11. The lowest BCUT2D eigenvalue weighted by atomic mass is 9.70. The first kappa shape index (κ1) is 29.7. The molecule has 0 saturated carbocycles. The zero-order valence-electron chi connectivity index (χ0n) is 28.7. The molecule has 0 unspecified atom stereocenters. The molecule has 8 aromatic carbocycles. The first-order valence-corrected chi connectivity index (χ1v) is 18.1. The first-order valence-electron chi connectivity index (χ1n) is 18.1. The van der Waals surface area contributed by atoms with Crippen molar-refractivity contribution in [3.63, 3.8) is 0 Å². The average Bonchev–Trinajstić information content (AvgIpc) is 3.71. The fraction of sp³-hybridized carbons (Fsp3) is 0.0200. The summed E-state index contributed by atoms with van der Waals surface area (Å²) in [5, 5.41) is 2.24. The Labute approximate surface area is 308 Å². The number of hydrogen-bond acceptors (Lipinski definition) is 3. The van der Waals surface area contributed by atoms with Gasteiger partial charge in [0, 0.05) is 16.7 Å². The van der Waals surface area contributed by atoms with Gasteiger partial charge in [-0.3, -0.25) is 0 Å². The van der Waals surface area contributed by atoms with Crippen LogP contribution in [0.1, 0.15) is 22.3 Å². The Morgan fingerprint density at radius 3 is 1.32 bits per heavy atom. The molecular weight excluding hydrogens is 643 g/mol. The van der Waals surface area contributed by atoms with Gasteiger partial charge in [0.2, 0.25) is 0 Å². The highest BCUT2D eigenvalue weighted by Gasteiger charge is 2.51. The van der Waals surface area contributed by atoms with Gasteiger partial charge in [-0.25, -0.2) is 15.0 Å². The summed E-state index contributed by atoms with van der Waals surface area (Å²) in [6, 6.07) is 67.5. The zero-order chi connectivity index (χ0) is 34.9. The van der Waals surface area contributed by atoms with E-state index in [2.05, 4.69) is 152 Å². The largest absolute Gasteiger partial charge is 0.208 e. The summed E-state index contributed by atoms with van der Waals surface area (Å²) in [7, 11) is 0. The Kier molecular flexibility index (Phi) is 6.47. The second-order valence-corrected chi connectivity index (χ2v) is 13.9. The normalized spacial score (nSPS) is 13.1. The molecule has 3 heteroatoms. The maximum absolute atomic E-state index is 5.09. The lowest BCUT2D eigenvalue weighted by molar-refractivity contribution is 0.794. The molecule has 2 aliphatic rings. The van der Waals surface area contributed by atoms with Gasteiger partial charge in [0.15, 0.2) is 17.5 Å². The summed E-state index contributed by atoms with van der Waals surface area (Å²) in [5.41, 5.74) is 15.4. The van der Waals surface area contributed by atoms with E-state index in [9.17, 15) is 0 Å². The van der Waals surface area contributed by atoms with E-state index in [0.717, 1.165) is 33.0 Å². The SMILES string of the molecule is c1ccc(-c2nc(-c3ccccc3)nc(-c3cccc4ccc(-c5ccc6c(c5)C5(c7ccccc7-c7ccccc75)c5ccccc5-6)cc34)n2)cc1. The molecule has 0 bridgehead atoms. The summed E-state index contributed by atoms with van der Waals surface area (Å²) in [6.07, 6.45) is 0. The Morgan fingerprint density at radius 1 is 0.283 bits per heavy atom. The van der Waals surface area contributed by atoms with Crippen molar-refractivity contribution in [2.24, 2.45) is 0 Å². The molecule has 0 aliphatic heterocycles. The predicted molar refractivity (Wildman–Crippen MR) is 215 cm³/mol. The van der Waals surface area contributed by atoms with Gasteiger partial charge in [-0.2, -0.15) is 0 Å². The molecule has 0 saturated heterocycles. The van der Waals surface area contributed by atoms with Crippen molar-refractivity contribution in [2.45, 2.75) is 5.41 Å². The van der Waals surface area contributed by atoms with Crippen LogP contribution < -0.4 is 0 Å². The van der Waals surface area contributed by atoms with Gasteiger partial charge >= 0.3 is 0 Å². The van der Waals surface area contributed by atoms with Gasteiger partial charge in [-0.15, -0.1) is 0 Å². The Bertz CT molecular complexity index is 2770. The molecule has 1 aromatic heterocycles. The van der Waals surface area contributed by atoms with Gasteiger partial charge in [0.25, 0.3) is 0 Å².